The molecule has 0 aliphatic rings. The van der Waals surface area contributed by atoms with Crippen LogP contribution in [-0.2, 0) is 6.54 Å². The Morgan fingerprint density at radius 2 is 1.90 bits per heavy atom. The Kier molecular flexibility index (Phi) is 9.37. The third kappa shape index (κ3) is 7.82. The summed E-state index contributed by atoms with van der Waals surface area (Å²) in [6.45, 7) is 3.60. The zero-order chi connectivity index (χ0) is 14.5. The fraction of sp³-hybridized carbons (Fsp3) is 0.625. The van der Waals surface area contributed by atoms with Crippen molar-refractivity contribution in [3.63, 3.8) is 0 Å². The van der Waals surface area contributed by atoms with Crippen molar-refractivity contribution in [3.05, 3.63) is 46.3 Å². The molecule has 0 aliphatic carbocycles. The van der Waals surface area contributed by atoms with Gasteiger partial charge in [-0.3, -0.25) is 0 Å². The van der Waals surface area contributed by atoms with Gasteiger partial charge in [-0.05, 0) is 17.5 Å². The van der Waals surface area contributed by atoms with Crippen LogP contribution in [0.4, 0.5) is 0 Å². The second-order valence-electron chi connectivity index (χ2n) is 5.18. The Balaban J connectivity index is 2.29. The number of unbranched alkanes of at least 4 members (excludes halogenated alkanes) is 4. The summed E-state index contributed by atoms with van der Waals surface area (Å²) in [6.07, 6.45) is 7.45. The van der Waals surface area contributed by atoms with Crippen LogP contribution in [0.1, 0.15) is 51.0 Å². The van der Waals surface area contributed by atoms with Gasteiger partial charge in [0.25, 0.3) is 0 Å². The number of rotatable bonds is 11. The fourth-order valence-electron chi connectivity index (χ4n) is 2.25. The van der Waals surface area contributed by atoms with Gasteiger partial charge in [-0.25, -0.2) is 0 Å². The summed E-state index contributed by atoms with van der Waals surface area (Å²) in [7, 11) is 0. The zero-order valence-corrected chi connectivity index (χ0v) is 12.5. The van der Waals surface area contributed by atoms with Crippen molar-refractivity contribution in [2.75, 3.05) is 6.54 Å². The molecular formula is C16H26N4. The maximum Gasteiger partial charge on any atom is 0.0412 e. The average molecular weight is 274 g/mol. The van der Waals surface area contributed by atoms with Crippen LogP contribution < -0.4 is 5.32 Å². The maximum absolute atomic E-state index is 8.47. The smallest absolute Gasteiger partial charge is 0.0412 e. The predicted octanol–water partition coefficient (Wildman–Crippen LogP) is 4.82. The quantitative estimate of drug-likeness (QED) is 0.267. The van der Waals surface area contributed by atoms with E-state index >= 15 is 0 Å². The van der Waals surface area contributed by atoms with Crippen molar-refractivity contribution in [1.29, 1.82) is 0 Å². The lowest BCUT2D eigenvalue weighted by Crippen LogP contribution is -2.31. The van der Waals surface area contributed by atoms with Gasteiger partial charge in [-0.2, -0.15) is 0 Å². The van der Waals surface area contributed by atoms with E-state index in [0.29, 0.717) is 6.54 Å². The van der Waals surface area contributed by atoms with E-state index < -0.39 is 0 Å². The molecule has 1 atom stereocenters. The molecule has 20 heavy (non-hydrogen) atoms. The number of hydrogen-bond donors (Lipinski definition) is 1. The van der Waals surface area contributed by atoms with Crippen LogP contribution in [0.2, 0.25) is 0 Å². The molecule has 0 aliphatic heterocycles. The molecule has 4 heteroatoms. The Labute approximate surface area is 122 Å². The first-order valence-corrected chi connectivity index (χ1v) is 7.65. The molecule has 0 aromatic heterocycles. The molecule has 0 fully saturated rings. The van der Waals surface area contributed by atoms with Crippen LogP contribution in [0.15, 0.2) is 35.4 Å². The van der Waals surface area contributed by atoms with Crippen LogP contribution in [0.3, 0.4) is 0 Å². The lowest BCUT2D eigenvalue weighted by atomic mass is 10.1. The van der Waals surface area contributed by atoms with Crippen LogP contribution in [0.25, 0.3) is 10.4 Å². The van der Waals surface area contributed by atoms with Crippen LogP contribution >= 0.6 is 0 Å². The van der Waals surface area contributed by atoms with E-state index in [1.165, 1.54) is 37.7 Å². The highest BCUT2D eigenvalue weighted by atomic mass is 15.1. The summed E-state index contributed by atoms with van der Waals surface area (Å²) in [4.78, 5) is 2.87. The topological polar surface area (TPSA) is 60.8 Å². The molecule has 0 saturated heterocycles. The standard InChI is InChI=1S/C16H26N4/c1-2-3-4-5-9-12-16(14-19-20-17)18-13-15-10-7-6-8-11-15/h6-8,10-11,16,18H,2-5,9,12-14H2,1H3. The minimum Gasteiger partial charge on any atom is -0.310 e. The molecule has 1 unspecified atom stereocenters. The van der Waals surface area contributed by atoms with Crippen molar-refractivity contribution in [1.82, 2.24) is 5.32 Å². The highest BCUT2D eigenvalue weighted by Gasteiger charge is 2.06. The van der Waals surface area contributed by atoms with E-state index in [-0.39, 0.29) is 6.04 Å². The second-order valence-corrected chi connectivity index (χ2v) is 5.18. The first-order chi connectivity index (χ1) is 9.86. The molecule has 0 amide bonds. The normalized spacial score (nSPS) is 11.8. The van der Waals surface area contributed by atoms with Gasteiger partial charge in [0.15, 0.2) is 0 Å². The van der Waals surface area contributed by atoms with Crippen LogP contribution in [-0.4, -0.2) is 12.6 Å². The molecule has 0 heterocycles. The molecular weight excluding hydrogens is 248 g/mol. The number of hydrogen-bond acceptors (Lipinski definition) is 2. The summed E-state index contributed by atoms with van der Waals surface area (Å²) in [5.41, 5.74) is 9.74. The largest absolute Gasteiger partial charge is 0.310 e. The Morgan fingerprint density at radius 3 is 2.60 bits per heavy atom. The Morgan fingerprint density at radius 1 is 1.15 bits per heavy atom. The third-order valence-electron chi connectivity index (χ3n) is 3.46. The van der Waals surface area contributed by atoms with Crippen molar-refractivity contribution < 1.29 is 0 Å². The number of azide groups is 1. The molecule has 0 saturated carbocycles. The molecule has 0 bridgehead atoms. The van der Waals surface area contributed by atoms with Gasteiger partial charge in [0.1, 0.15) is 0 Å². The van der Waals surface area contributed by atoms with Crippen molar-refractivity contribution >= 4 is 0 Å². The highest BCUT2D eigenvalue weighted by Crippen LogP contribution is 2.08. The minimum absolute atomic E-state index is 0.285. The fourth-order valence-corrected chi connectivity index (χ4v) is 2.25. The zero-order valence-electron chi connectivity index (χ0n) is 12.5. The van der Waals surface area contributed by atoms with E-state index in [9.17, 15) is 0 Å². The van der Waals surface area contributed by atoms with E-state index in [1.54, 1.807) is 0 Å². The lowest BCUT2D eigenvalue weighted by Gasteiger charge is -2.16. The van der Waals surface area contributed by atoms with Crippen LogP contribution in [0, 0.1) is 0 Å². The van der Waals surface area contributed by atoms with E-state index in [0.717, 1.165) is 13.0 Å². The highest BCUT2D eigenvalue weighted by molar-refractivity contribution is 5.14. The summed E-state index contributed by atoms with van der Waals surface area (Å²) >= 11 is 0. The molecule has 0 spiro atoms. The van der Waals surface area contributed by atoms with E-state index in [2.05, 4.69) is 34.4 Å². The van der Waals surface area contributed by atoms with Gasteiger partial charge in [-0.1, -0.05) is 74.5 Å². The number of nitrogens with one attached hydrogen (secondary N) is 1. The Hall–Kier alpha value is -1.51. The molecule has 1 rings (SSSR count). The van der Waals surface area contributed by atoms with E-state index in [1.807, 2.05) is 18.2 Å². The van der Waals surface area contributed by atoms with Crippen molar-refractivity contribution in [3.8, 4) is 0 Å². The van der Waals surface area contributed by atoms with Gasteiger partial charge < -0.3 is 5.32 Å². The maximum atomic E-state index is 8.47. The predicted molar refractivity (Wildman–Crippen MR) is 84.5 cm³/mol. The Bertz CT molecular complexity index is 385. The molecule has 0 radical (unpaired) electrons. The first-order valence-electron chi connectivity index (χ1n) is 7.65. The summed E-state index contributed by atoms with van der Waals surface area (Å²) in [6, 6.07) is 10.6. The number of nitrogens with zero attached hydrogens (tertiary/aromatic N) is 3. The molecule has 110 valence electrons. The summed E-state index contributed by atoms with van der Waals surface area (Å²) in [5.74, 6) is 0. The molecule has 1 N–H and O–H groups in total. The lowest BCUT2D eigenvalue weighted by molar-refractivity contribution is 0.458. The molecule has 1 aromatic rings. The molecule has 4 nitrogen and oxygen atoms in total. The monoisotopic (exact) mass is 274 g/mol. The summed E-state index contributed by atoms with van der Waals surface area (Å²) < 4.78 is 0. The summed E-state index contributed by atoms with van der Waals surface area (Å²) in [5, 5.41) is 7.21. The SMILES string of the molecule is CCCCCCCC(CN=[N+]=[N-])NCc1ccccc1. The third-order valence-corrected chi connectivity index (χ3v) is 3.46. The van der Waals surface area contributed by atoms with E-state index in [4.69, 9.17) is 5.53 Å². The van der Waals surface area contributed by atoms with Crippen molar-refractivity contribution in [2.24, 2.45) is 5.11 Å². The first kappa shape index (κ1) is 16.5. The van der Waals surface area contributed by atoms with Gasteiger partial charge in [-0.15, -0.1) is 0 Å². The molecule has 1 aromatic carbocycles. The average Bonchev–Trinajstić information content (AvgIpc) is 2.50. The van der Waals surface area contributed by atoms with Crippen LogP contribution in [0.5, 0.6) is 0 Å². The van der Waals surface area contributed by atoms with Gasteiger partial charge in [0.2, 0.25) is 0 Å². The number of benzene rings is 1. The van der Waals surface area contributed by atoms with Gasteiger partial charge in [0.05, 0.1) is 0 Å². The van der Waals surface area contributed by atoms with Gasteiger partial charge >= 0.3 is 0 Å². The minimum atomic E-state index is 0.285. The van der Waals surface area contributed by atoms with Gasteiger partial charge in [0, 0.05) is 24.0 Å². The van der Waals surface area contributed by atoms with Crippen molar-refractivity contribution in [2.45, 2.75) is 58.0 Å². The second kappa shape index (κ2) is 11.3.